The molecule has 0 aliphatic carbocycles. The number of ether oxygens (including phenoxy) is 2. The van der Waals surface area contributed by atoms with Gasteiger partial charge in [-0.3, -0.25) is 14.5 Å². The molecular formula is C25H21N3O4S. The van der Waals surface area contributed by atoms with Crippen LogP contribution in [-0.4, -0.2) is 34.7 Å². The van der Waals surface area contributed by atoms with Crippen molar-refractivity contribution in [3.63, 3.8) is 0 Å². The molecule has 0 saturated carbocycles. The highest BCUT2D eigenvalue weighted by Gasteiger charge is 2.44. The Morgan fingerprint density at radius 3 is 2.42 bits per heavy atom. The van der Waals surface area contributed by atoms with Crippen LogP contribution in [0.5, 0.6) is 11.5 Å². The lowest BCUT2D eigenvalue weighted by molar-refractivity contribution is -0.124. The zero-order valence-corrected chi connectivity index (χ0v) is 18.5. The average Bonchev–Trinajstić information content (AvgIpc) is 3.38. The third-order valence-corrected chi connectivity index (χ3v) is 5.98. The Balaban J connectivity index is 1.42. The highest BCUT2D eigenvalue weighted by Crippen LogP contribution is 2.34. The number of carbonyl (C=O) groups is 2. The van der Waals surface area contributed by atoms with Gasteiger partial charge in [-0.2, -0.15) is 0 Å². The standard InChI is InChI=1S/C25H21N3O4S/c29-23(26-18-7-3-1-4-8-18)14-20-24(30)28(19-9-5-2-6-10-19)25(33)27(20)15-17-11-12-21-22(13-17)32-16-31-21/h1-13,20H,14-16H2,(H,26,29). The van der Waals surface area contributed by atoms with Crippen LogP contribution >= 0.6 is 12.2 Å². The van der Waals surface area contributed by atoms with Crippen molar-refractivity contribution in [3.05, 3.63) is 84.4 Å². The molecule has 0 bridgehead atoms. The summed E-state index contributed by atoms with van der Waals surface area (Å²) in [5.74, 6) is 0.855. The fourth-order valence-corrected chi connectivity index (χ4v) is 4.36. The van der Waals surface area contributed by atoms with E-state index < -0.39 is 6.04 Å². The van der Waals surface area contributed by atoms with Crippen molar-refractivity contribution in [1.82, 2.24) is 4.90 Å². The smallest absolute Gasteiger partial charge is 0.256 e. The molecule has 1 atom stereocenters. The first-order valence-electron chi connectivity index (χ1n) is 10.5. The van der Waals surface area contributed by atoms with E-state index in [9.17, 15) is 9.59 Å². The van der Waals surface area contributed by atoms with Crippen LogP contribution in [0.3, 0.4) is 0 Å². The number of anilines is 2. The van der Waals surface area contributed by atoms with Gasteiger partial charge in [-0.1, -0.05) is 42.5 Å². The molecule has 0 spiro atoms. The average molecular weight is 460 g/mol. The molecule has 2 amide bonds. The van der Waals surface area contributed by atoms with Crippen LogP contribution in [0, 0.1) is 0 Å². The van der Waals surface area contributed by atoms with Crippen molar-refractivity contribution < 1.29 is 19.1 Å². The van der Waals surface area contributed by atoms with Gasteiger partial charge in [-0.25, -0.2) is 0 Å². The molecule has 1 unspecified atom stereocenters. The number of benzene rings is 3. The first-order chi connectivity index (χ1) is 16.1. The van der Waals surface area contributed by atoms with E-state index in [-0.39, 0.29) is 25.0 Å². The Morgan fingerprint density at radius 2 is 1.67 bits per heavy atom. The van der Waals surface area contributed by atoms with E-state index in [1.807, 2.05) is 66.7 Å². The summed E-state index contributed by atoms with van der Waals surface area (Å²) in [6, 6.07) is 23.3. The minimum Gasteiger partial charge on any atom is -0.454 e. The number of thiocarbonyl (C=S) groups is 1. The topological polar surface area (TPSA) is 71.1 Å². The van der Waals surface area contributed by atoms with Crippen LogP contribution in [0.2, 0.25) is 0 Å². The molecule has 2 aliphatic heterocycles. The molecule has 166 valence electrons. The maximum atomic E-state index is 13.5. The predicted molar refractivity (Wildman–Crippen MR) is 128 cm³/mol. The Morgan fingerprint density at radius 1 is 0.970 bits per heavy atom. The third kappa shape index (κ3) is 4.25. The molecule has 0 aromatic heterocycles. The molecule has 1 N–H and O–H groups in total. The van der Waals surface area contributed by atoms with Gasteiger partial charge in [0.1, 0.15) is 6.04 Å². The number of fused-ring (bicyclic) bond motifs is 1. The summed E-state index contributed by atoms with van der Waals surface area (Å²) in [4.78, 5) is 29.6. The highest BCUT2D eigenvalue weighted by molar-refractivity contribution is 7.80. The second-order valence-electron chi connectivity index (χ2n) is 7.74. The first-order valence-corrected chi connectivity index (χ1v) is 10.9. The van der Waals surface area contributed by atoms with Crippen molar-refractivity contribution in [2.24, 2.45) is 0 Å². The van der Waals surface area contributed by atoms with E-state index in [0.29, 0.717) is 34.5 Å². The summed E-state index contributed by atoms with van der Waals surface area (Å²) < 4.78 is 10.9. The Kier molecular flexibility index (Phi) is 5.66. The van der Waals surface area contributed by atoms with Gasteiger partial charge in [0.25, 0.3) is 5.91 Å². The van der Waals surface area contributed by atoms with Crippen LogP contribution < -0.4 is 19.7 Å². The fourth-order valence-electron chi connectivity index (χ4n) is 3.97. The number of carbonyl (C=O) groups excluding carboxylic acids is 2. The summed E-state index contributed by atoms with van der Waals surface area (Å²) in [5, 5.41) is 3.22. The summed E-state index contributed by atoms with van der Waals surface area (Å²) in [6.07, 6.45) is -0.0260. The zero-order chi connectivity index (χ0) is 22.8. The van der Waals surface area contributed by atoms with Crippen LogP contribution in [0.25, 0.3) is 0 Å². The van der Waals surface area contributed by atoms with Crippen molar-refractivity contribution in [2.45, 2.75) is 19.0 Å². The van der Waals surface area contributed by atoms with Gasteiger partial charge in [-0.15, -0.1) is 0 Å². The largest absolute Gasteiger partial charge is 0.454 e. The molecule has 8 heteroatoms. The predicted octanol–water partition coefficient (Wildman–Crippen LogP) is 3.95. The fraction of sp³-hybridized carbons (Fsp3) is 0.160. The molecule has 33 heavy (non-hydrogen) atoms. The van der Waals surface area contributed by atoms with E-state index in [1.54, 1.807) is 17.0 Å². The first kappa shape index (κ1) is 21.0. The van der Waals surface area contributed by atoms with Crippen molar-refractivity contribution >= 4 is 40.5 Å². The number of para-hydroxylation sites is 2. The summed E-state index contributed by atoms with van der Waals surface area (Å²) in [5.41, 5.74) is 2.25. The minimum absolute atomic E-state index is 0.0260. The van der Waals surface area contributed by atoms with Crippen molar-refractivity contribution in [3.8, 4) is 11.5 Å². The van der Waals surface area contributed by atoms with Crippen LogP contribution in [0.15, 0.2) is 78.9 Å². The van der Waals surface area contributed by atoms with Gasteiger partial charge in [0, 0.05) is 12.2 Å². The molecule has 2 heterocycles. The lowest BCUT2D eigenvalue weighted by atomic mass is 10.1. The van der Waals surface area contributed by atoms with E-state index in [0.717, 1.165) is 5.56 Å². The summed E-state index contributed by atoms with van der Waals surface area (Å²) in [6.45, 7) is 0.539. The minimum atomic E-state index is -0.730. The van der Waals surface area contributed by atoms with Crippen molar-refractivity contribution in [1.29, 1.82) is 0 Å². The molecule has 3 aromatic rings. The SMILES string of the molecule is O=C(CC1C(=O)N(c2ccccc2)C(=S)N1Cc1ccc2c(c1)OCO2)Nc1ccccc1. The Bertz CT molecular complexity index is 1200. The number of hydrogen-bond acceptors (Lipinski definition) is 5. The van der Waals surface area contributed by atoms with Gasteiger partial charge < -0.3 is 19.7 Å². The molecule has 2 aliphatic rings. The van der Waals surface area contributed by atoms with Gasteiger partial charge in [0.05, 0.1) is 12.1 Å². The van der Waals surface area contributed by atoms with Gasteiger partial charge in [0.15, 0.2) is 16.6 Å². The van der Waals surface area contributed by atoms with E-state index >= 15 is 0 Å². The third-order valence-electron chi connectivity index (χ3n) is 5.56. The van der Waals surface area contributed by atoms with Gasteiger partial charge in [0.2, 0.25) is 12.7 Å². The monoisotopic (exact) mass is 459 g/mol. The van der Waals surface area contributed by atoms with E-state index in [1.165, 1.54) is 4.90 Å². The molecule has 7 nitrogen and oxygen atoms in total. The molecule has 5 rings (SSSR count). The molecule has 3 aromatic carbocycles. The highest BCUT2D eigenvalue weighted by atomic mass is 32.1. The number of nitrogens with one attached hydrogen (secondary N) is 1. The lowest BCUT2D eigenvalue weighted by Gasteiger charge is -2.24. The van der Waals surface area contributed by atoms with Crippen molar-refractivity contribution in [2.75, 3.05) is 17.0 Å². The normalized spacial score (nSPS) is 16.9. The lowest BCUT2D eigenvalue weighted by Crippen LogP contribution is -2.37. The molecule has 1 saturated heterocycles. The Labute approximate surface area is 196 Å². The Hall–Kier alpha value is -3.91. The zero-order valence-electron chi connectivity index (χ0n) is 17.6. The quantitative estimate of drug-likeness (QED) is 0.563. The second kappa shape index (κ2) is 8.91. The maximum absolute atomic E-state index is 13.5. The number of amides is 2. The number of nitrogens with zero attached hydrogens (tertiary/aromatic N) is 2. The number of hydrogen-bond donors (Lipinski definition) is 1. The second-order valence-corrected chi connectivity index (χ2v) is 8.11. The van der Waals surface area contributed by atoms with Crippen LogP contribution in [0.4, 0.5) is 11.4 Å². The van der Waals surface area contributed by atoms with Crippen LogP contribution in [0.1, 0.15) is 12.0 Å². The summed E-state index contributed by atoms with van der Waals surface area (Å²) in [7, 11) is 0. The molecule has 0 radical (unpaired) electrons. The van der Waals surface area contributed by atoms with Crippen LogP contribution in [-0.2, 0) is 16.1 Å². The van der Waals surface area contributed by atoms with Gasteiger partial charge >= 0.3 is 0 Å². The van der Waals surface area contributed by atoms with E-state index in [2.05, 4.69) is 5.32 Å². The molecule has 1 fully saturated rings. The summed E-state index contributed by atoms with van der Waals surface area (Å²) >= 11 is 5.72. The molecular weight excluding hydrogens is 438 g/mol. The number of rotatable bonds is 6. The van der Waals surface area contributed by atoms with E-state index in [4.69, 9.17) is 21.7 Å². The van der Waals surface area contributed by atoms with Gasteiger partial charge in [-0.05, 0) is 54.2 Å². The maximum Gasteiger partial charge on any atom is 0.256 e.